The highest BCUT2D eigenvalue weighted by Crippen LogP contribution is 2.36. The number of nitrogens with zero attached hydrogens (tertiary/aromatic N) is 4. The fraction of sp³-hybridized carbons (Fsp3) is 0.688. The van der Waals surface area contributed by atoms with Gasteiger partial charge in [-0.3, -0.25) is 20.0 Å². The van der Waals surface area contributed by atoms with Crippen LogP contribution in [0.15, 0.2) is 16.9 Å². The topological polar surface area (TPSA) is 62.5 Å². The second-order valence-corrected chi connectivity index (χ2v) is 7.29. The second kappa shape index (κ2) is 7.57. The monoisotopic (exact) mass is 382 g/mol. The fourth-order valence-electron chi connectivity index (χ4n) is 3.78. The summed E-state index contributed by atoms with van der Waals surface area (Å²) < 4.78 is 0.711. The van der Waals surface area contributed by atoms with Gasteiger partial charge in [-0.25, -0.2) is 0 Å². The highest BCUT2D eigenvalue weighted by atomic mass is 79.9. The minimum absolute atomic E-state index is 0.0934. The number of likely N-dealkylation sites (tertiary alicyclic amines) is 1. The van der Waals surface area contributed by atoms with E-state index in [9.17, 15) is 10.1 Å². The quantitative estimate of drug-likeness (QED) is 0.590. The molecule has 6 nitrogen and oxygen atoms in total. The Hall–Kier alpha value is -1.21. The van der Waals surface area contributed by atoms with E-state index in [0.717, 1.165) is 32.6 Å². The lowest BCUT2D eigenvalue weighted by Crippen LogP contribution is -2.48. The van der Waals surface area contributed by atoms with Crippen LogP contribution in [-0.2, 0) is 0 Å². The Bertz CT molecular complexity index is 561. The Labute approximate surface area is 145 Å². The van der Waals surface area contributed by atoms with Crippen molar-refractivity contribution < 1.29 is 4.92 Å². The Balaban J connectivity index is 1.80. The van der Waals surface area contributed by atoms with Crippen molar-refractivity contribution in [3.63, 3.8) is 0 Å². The maximum absolute atomic E-state index is 11.4. The lowest BCUT2D eigenvalue weighted by molar-refractivity contribution is -0.384. The molecule has 3 rings (SSSR count). The molecule has 126 valence electrons. The minimum Gasteiger partial charge on any atom is -0.363 e. The van der Waals surface area contributed by atoms with E-state index in [1.165, 1.54) is 38.3 Å². The molecule has 0 N–H and O–H groups in total. The van der Waals surface area contributed by atoms with Crippen LogP contribution in [-0.4, -0.2) is 47.0 Å². The maximum atomic E-state index is 11.4. The Morgan fingerprint density at radius 3 is 2.57 bits per heavy atom. The van der Waals surface area contributed by atoms with Gasteiger partial charge in [0.05, 0.1) is 9.40 Å². The van der Waals surface area contributed by atoms with Gasteiger partial charge in [0.1, 0.15) is 11.9 Å². The maximum Gasteiger partial charge on any atom is 0.311 e. The summed E-state index contributed by atoms with van der Waals surface area (Å²) in [5, 5.41) is 11.4. The van der Waals surface area contributed by atoms with Crippen molar-refractivity contribution in [3.8, 4) is 0 Å². The molecule has 0 aliphatic carbocycles. The summed E-state index contributed by atoms with van der Waals surface area (Å²) in [6.07, 6.45) is 10.5. The van der Waals surface area contributed by atoms with Crippen LogP contribution in [0.25, 0.3) is 0 Å². The van der Waals surface area contributed by atoms with Gasteiger partial charge >= 0.3 is 5.69 Å². The zero-order chi connectivity index (χ0) is 16.2. The van der Waals surface area contributed by atoms with Gasteiger partial charge in [-0.1, -0.05) is 12.8 Å². The molecule has 1 unspecified atom stereocenters. The summed E-state index contributed by atoms with van der Waals surface area (Å²) in [6, 6.07) is 0.501. The molecule has 0 aromatic carbocycles. The molecule has 0 bridgehead atoms. The van der Waals surface area contributed by atoms with Crippen LogP contribution in [0.2, 0.25) is 0 Å². The molecule has 2 aliphatic rings. The molecule has 1 aromatic rings. The van der Waals surface area contributed by atoms with E-state index in [-0.39, 0.29) is 10.6 Å². The number of rotatable bonds is 3. The van der Waals surface area contributed by atoms with Crippen LogP contribution in [0.1, 0.15) is 38.5 Å². The molecular weight excluding hydrogens is 360 g/mol. The summed E-state index contributed by atoms with van der Waals surface area (Å²) in [6.45, 7) is 4.06. The first-order valence-corrected chi connectivity index (χ1v) is 9.23. The van der Waals surface area contributed by atoms with Gasteiger partial charge in [-0.2, -0.15) is 0 Å². The lowest BCUT2D eigenvalue weighted by atomic mass is 10.0. The molecule has 2 saturated heterocycles. The largest absolute Gasteiger partial charge is 0.363 e. The molecule has 1 aromatic heterocycles. The van der Waals surface area contributed by atoms with Gasteiger partial charge in [0.25, 0.3) is 0 Å². The third kappa shape index (κ3) is 3.83. The van der Waals surface area contributed by atoms with Gasteiger partial charge in [0.2, 0.25) is 0 Å². The molecule has 2 fully saturated rings. The number of halogens is 1. The number of nitro groups is 1. The third-order valence-electron chi connectivity index (χ3n) is 4.92. The number of anilines is 1. The van der Waals surface area contributed by atoms with Crippen molar-refractivity contribution in [1.82, 2.24) is 9.88 Å². The molecule has 0 radical (unpaired) electrons. The van der Waals surface area contributed by atoms with Gasteiger partial charge < -0.3 is 4.90 Å². The Morgan fingerprint density at radius 2 is 1.87 bits per heavy atom. The highest BCUT2D eigenvalue weighted by molar-refractivity contribution is 9.10. The van der Waals surface area contributed by atoms with Crippen molar-refractivity contribution in [2.45, 2.75) is 44.6 Å². The van der Waals surface area contributed by atoms with E-state index in [0.29, 0.717) is 16.2 Å². The van der Waals surface area contributed by atoms with Crippen molar-refractivity contribution in [2.24, 2.45) is 0 Å². The normalized spacial score (nSPS) is 23.5. The molecule has 1 atom stereocenters. The van der Waals surface area contributed by atoms with Crippen molar-refractivity contribution in [3.05, 3.63) is 27.0 Å². The third-order valence-corrected chi connectivity index (χ3v) is 5.50. The Morgan fingerprint density at radius 1 is 1.13 bits per heavy atom. The van der Waals surface area contributed by atoms with Crippen molar-refractivity contribution in [1.29, 1.82) is 0 Å². The smallest absolute Gasteiger partial charge is 0.311 e. The Kier molecular flexibility index (Phi) is 5.48. The summed E-state index contributed by atoms with van der Waals surface area (Å²) >= 11 is 3.46. The molecule has 3 heterocycles. The summed E-state index contributed by atoms with van der Waals surface area (Å²) in [5.74, 6) is 0. The van der Waals surface area contributed by atoms with Crippen LogP contribution < -0.4 is 4.90 Å². The summed E-state index contributed by atoms with van der Waals surface area (Å²) in [7, 11) is 0. The average Bonchev–Trinajstić information content (AvgIpc) is 2.84. The van der Waals surface area contributed by atoms with Crippen LogP contribution in [0, 0.1) is 10.1 Å². The SMILES string of the molecule is O=[N+]([O-])c1cncc(Br)c1N1CCCC(N2CCCCCC2)C1. The predicted octanol–water partition coefficient (Wildman–Crippen LogP) is 3.60. The predicted molar refractivity (Wildman–Crippen MR) is 93.9 cm³/mol. The zero-order valence-corrected chi connectivity index (χ0v) is 14.9. The first kappa shape index (κ1) is 16.6. The van der Waals surface area contributed by atoms with Gasteiger partial charge in [0, 0.05) is 25.3 Å². The van der Waals surface area contributed by atoms with Gasteiger partial charge in [-0.05, 0) is 54.7 Å². The first-order chi connectivity index (χ1) is 11.2. The number of hydrogen-bond acceptors (Lipinski definition) is 5. The zero-order valence-electron chi connectivity index (χ0n) is 13.3. The summed E-state index contributed by atoms with van der Waals surface area (Å²) in [4.78, 5) is 19.7. The number of hydrogen-bond donors (Lipinski definition) is 0. The van der Waals surface area contributed by atoms with Crippen LogP contribution in [0.4, 0.5) is 11.4 Å². The van der Waals surface area contributed by atoms with E-state index in [4.69, 9.17) is 0 Å². The van der Waals surface area contributed by atoms with E-state index in [1.54, 1.807) is 6.20 Å². The molecule has 23 heavy (non-hydrogen) atoms. The van der Waals surface area contributed by atoms with E-state index in [2.05, 4.69) is 30.7 Å². The van der Waals surface area contributed by atoms with E-state index < -0.39 is 0 Å². The highest BCUT2D eigenvalue weighted by Gasteiger charge is 2.30. The van der Waals surface area contributed by atoms with Crippen LogP contribution in [0.5, 0.6) is 0 Å². The molecular formula is C16H23BrN4O2. The average molecular weight is 383 g/mol. The molecule has 0 spiro atoms. The lowest BCUT2D eigenvalue weighted by Gasteiger charge is -2.40. The van der Waals surface area contributed by atoms with Gasteiger partial charge in [-0.15, -0.1) is 0 Å². The molecule has 0 saturated carbocycles. The van der Waals surface area contributed by atoms with E-state index >= 15 is 0 Å². The first-order valence-electron chi connectivity index (χ1n) is 8.43. The van der Waals surface area contributed by atoms with E-state index in [1.807, 2.05) is 0 Å². The standard InChI is InChI=1S/C16H23BrN4O2/c17-14-10-18-11-15(21(22)23)16(14)20-9-5-6-13(12-20)19-7-3-1-2-4-8-19/h10-11,13H,1-9,12H2. The van der Waals surface area contributed by atoms with Crippen molar-refractivity contribution in [2.75, 3.05) is 31.1 Å². The second-order valence-electron chi connectivity index (χ2n) is 6.44. The number of aromatic nitrogens is 1. The number of pyridine rings is 1. The summed E-state index contributed by atoms with van der Waals surface area (Å²) in [5.41, 5.74) is 0.778. The molecule has 0 amide bonds. The molecule has 7 heteroatoms. The van der Waals surface area contributed by atoms with Crippen LogP contribution >= 0.6 is 15.9 Å². The van der Waals surface area contributed by atoms with Gasteiger partial charge in [0.15, 0.2) is 0 Å². The van der Waals surface area contributed by atoms with Crippen molar-refractivity contribution >= 4 is 27.3 Å². The minimum atomic E-state index is -0.331. The number of piperidine rings is 1. The molecule has 2 aliphatic heterocycles. The fourth-order valence-corrected chi connectivity index (χ4v) is 4.35. The van der Waals surface area contributed by atoms with Crippen LogP contribution in [0.3, 0.4) is 0 Å².